The third-order valence-corrected chi connectivity index (χ3v) is 13.6. The van der Waals surface area contributed by atoms with Crippen LogP contribution in [-0.2, 0) is 10.8 Å². The van der Waals surface area contributed by atoms with Crippen molar-refractivity contribution in [1.82, 2.24) is 0 Å². The van der Waals surface area contributed by atoms with Gasteiger partial charge in [-0.2, -0.15) is 0 Å². The summed E-state index contributed by atoms with van der Waals surface area (Å²) in [6.07, 6.45) is 0. The van der Waals surface area contributed by atoms with Gasteiger partial charge in [-0.3, -0.25) is 0 Å². The Balaban J connectivity index is 1.18. The van der Waals surface area contributed by atoms with Gasteiger partial charge in [-0.1, -0.05) is 194 Å². The third kappa shape index (κ3) is 4.14. The number of rotatable bonds is 3. The molecular formula is C58H36O. The molecule has 0 bridgehead atoms. The zero-order valence-corrected chi connectivity index (χ0v) is 32.2. The molecule has 10 aromatic carbocycles. The Hall–Kier alpha value is -7.48. The van der Waals surface area contributed by atoms with Crippen molar-refractivity contribution in [2.75, 3.05) is 0 Å². The van der Waals surface area contributed by atoms with E-state index in [0.29, 0.717) is 0 Å². The maximum atomic E-state index is 7.15. The molecule has 10 aromatic rings. The van der Waals surface area contributed by atoms with Crippen LogP contribution in [-0.4, -0.2) is 0 Å². The van der Waals surface area contributed by atoms with E-state index >= 15 is 0 Å². The van der Waals surface area contributed by atoms with Crippen LogP contribution >= 0.6 is 0 Å². The SMILES string of the molecule is c1ccc(C2(c3ccccc3-c3cc4c(c5ccccc35)Oc3ccccc3C43c4ccccc4-c4ccccc43)c3ccccc3-c3cc4ccccc4cc32)cc1. The summed E-state index contributed by atoms with van der Waals surface area (Å²) in [6.45, 7) is 0. The molecule has 0 radical (unpaired) electrons. The largest absolute Gasteiger partial charge is 0.456 e. The number of fused-ring (bicyclic) bond motifs is 15. The summed E-state index contributed by atoms with van der Waals surface area (Å²) in [6, 6.07) is 81.2. The molecule has 13 rings (SSSR count). The Morgan fingerprint density at radius 2 is 0.729 bits per heavy atom. The van der Waals surface area contributed by atoms with Crippen molar-refractivity contribution in [1.29, 1.82) is 0 Å². The second-order valence-electron chi connectivity index (χ2n) is 16.2. The Bertz CT molecular complexity index is 3330. The molecule has 1 unspecified atom stereocenters. The first kappa shape index (κ1) is 32.6. The highest BCUT2D eigenvalue weighted by Crippen LogP contribution is 2.64. The van der Waals surface area contributed by atoms with Gasteiger partial charge in [-0.15, -0.1) is 0 Å². The summed E-state index contributed by atoms with van der Waals surface area (Å²) in [7, 11) is 0. The first-order chi connectivity index (χ1) is 29.3. The molecule has 59 heavy (non-hydrogen) atoms. The summed E-state index contributed by atoms with van der Waals surface area (Å²) in [4.78, 5) is 0. The van der Waals surface area contributed by atoms with Crippen molar-refractivity contribution in [3.63, 3.8) is 0 Å². The number of para-hydroxylation sites is 1. The van der Waals surface area contributed by atoms with Gasteiger partial charge in [-0.05, 0) is 107 Å². The van der Waals surface area contributed by atoms with Crippen LogP contribution < -0.4 is 4.74 Å². The lowest BCUT2D eigenvalue weighted by Crippen LogP contribution is -2.32. The molecule has 1 heteroatoms. The normalized spacial score (nSPS) is 16.1. The van der Waals surface area contributed by atoms with Gasteiger partial charge in [0, 0.05) is 16.5 Å². The van der Waals surface area contributed by atoms with E-state index in [9.17, 15) is 0 Å². The average Bonchev–Trinajstić information content (AvgIpc) is 3.76. The third-order valence-electron chi connectivity index (χ3n) is 13.6. The molecule has 1 aliphatic heterocycles. The van der Waals surface area contributed by atoms with Gasteiger partial charge < -0.3 is 4.74 Å². The average molecular weight is 749 g/mol. The zero-order valence-electron chi connectivity index (χ0n) is 32.2. The van der Waals surface area contributed by atoms with Crippen LogP contribution in [0.4, 0.5) is 0 Å². The molecule has 274 valence electrons. The quantitative estimate of drug-likeness (QED) is 0.175. The molecule has 2 aliphatic carbocycles. The molecule has 0 fully saturated rings. The second-order valence-corrected chi connectivity index (χ2v) is 16.2. The molecule has 0 saturated heterocycles. The van der Waals surface area contributed by atoms with E-state index in [2.05, 4.69) is 218 Å². The summed E-state index contributed by atoms with van der Waals surface area (Å²) in [5, 5.41) is 4.77. The molecule has 0 aromatic heterocycles. The molecule has 1 atom stereocenters. The van der Waals surface area contributed by atoms with Crippen molar-refractivity contribution >= 4 is 21.5 Å². The number of hydrogen-bond donors (Lipinski definition) is 0. The Labute approximate surface area is 343 Å². The highest BCUT2D eigenvalue weighted by Gasteiger charge is 2.52. The minimum atomic E-state index is -0.599. The van der Waals surface area contributed by atoms with E-state index in [-0.39, 0.29) is 0 Å². The molecule has 1 heterocycles. The first-order valence-corrected chi connectivity index (χ1v) is 20.6. The van der Waals surface area contributed by atoms with Gasteiger partial charge in [0.1, 0.15) is 11.5 Å². The van der Waals surface area contributed by atoms with Crippen LogP contribution in [0.15, 0.2) is 218 Å². The summed E-state index contributed by atoms with van der Waals surface area (Å²) in [5.41, 5.74) is 16.4. The maximum absolute atomic E-state index is 7.15. The highest BCUT2D eigenvalue weighted by atomic mass is 16.5. The maximum Gasteiger partial charge on any atom is 0.140 e. The summed E-state index contributed by atoms with van der Waals surface area (Å²) < 4.78 is 7.15. The van der Waals surface area contributed by atoms with Gasteiger partial charge in [0.25, 0.3) is 0 Å². The minimum absolute atomic E-state index is 0.590. The minimum Gasteiger partial charge on any atom is -0.456 e. The van der Waals surface area contributed by atoms with E-state index in [1.165, 1.54) is 94.0 Å². The van der Waals surface area contributed by atoms with E-state index < -0.39 is 10.8 Å². The summed E-state index contributed by atoms with van der Waals surface area (Å²) >= 11 is 0. The van der Waals surface area contributed by atoms with Crippen LogP contribution in [0.25, 0.3) is 54.9 Å². The predicted molar refractivity (Wildman–Crippen MR) is 242 cm³/mol. The Morgan fingerprint density at radius 3 is 1.37 bits per heavy atom. The molecule has 0 N–H and O–H groups in total. The Kier molecular flexibility index (Phi) is 6.64. The Morgan fingerprint density at radius 1 is 0.271 bits per heavy atom. The van der Waals surface area contributed by atoms with Gasteiger partial charge in [0.2, 0.25) is 0 Å². The van der Waals surface area contributed by atoms with Crippen LogP contribution in [0.2, 0.25) is 0 Å². The molecule has 1 nitrogen and oxygen atoms in total. The lowest BCUT2D eigenvalue weighted by atomic mass is 9.64. The van der Waals surface area contributed by atoms with Crippen molar-refractivity contribution in [2.24, 2.45) is 0 Å². The van der Waals surface area contributed by atoms with E-state index in [1.54, 1.807) is 0 Å². The topological polar surface area (TPSA) is 9.23 Å². The highest BCUT2D eigenvalue weighted by molar-refractivity contribution is 6.05. The smallest absolute Gasteiger partial charge is 0.140 e. The van der Waals surface area contributed by atoms with Gasteiger partial charge in [-0.25, -0.2) is 0 Å². The molecule has 3 aliphatic rings. The van der Waals surface area contributed by atoms with Crippen LogP contribution in [0, 0.1) is 0 Å². The zero-order chi connectivity index (χ0) is 38.7. The van der Waals surface area contributed by atoms with E-state index in [1.807, 2.05) is 0 Å². The van der Waals surface area contributed by atoms with E-state index in [0.717, 1.165) is 16.9 Å². The lowest BCUT2D eigenvalue weighted by Gasteiger charge is -2.40. The molecular weight excluding hydrogens is 713 g/mol. The molecule has 0 amide bonds. The fourth-order valence-electron chi connectivity index (χ4n) is 11.3. The van der Waals surface area contributed by atoms with Gasteiger partial charge >= 0.3 is 0 Å². The van der Waals surface area contributed by atoms with Crippen LogP contribution in [0.3, 0.4) is 0 Å². The fourth-order valence-corrected chi connectivity index (χ4v) is 11.3. The van der Waals surface area contributed by atoms with E-state index in [4.69, 9.17) is 4.74 Å². The lowest BCUT2D eigenvalue weighted by molar-refractivity contribution is 0.442. The van der Waals surface area contributed by atoms with Crippen molar-refractivity contribution in [3.8, 4) is 44.9 Å². The number of ether oxygens (including phenoxy) is 1. The van der Waals surface area contributed by atoms with Gasteiger partial charge in [0.15, 0.2) is 0 Å². The first-order valence-electron chi connectivity index (χ1n) is 20.6. The van der Waals surface area contributed by atoms with Crippen molar-refractivity contribution < 1.29 is 4.74 Å². The van der Waals surface area contributed by atoms with Crippen LogP contribution in [0.5, 0.6) is 11.5 Å². The number of benzene rings is 10. The van der Waals surface area contributed by atoms with Crippen molar-refractivity contribution in [3.05, 3.63) is 263 Å². The predicted octanol–water partition coefficient (Wildman–Crippen LogP) is 14.5. The summed E-state index contributed by atoms with van der Waals surface area (Å²) in [5.74, 6) is 1.83. The second kappa shape index (κ2) is 12.0. The standard InChI is InChI=1S/C58H36O/c1-2-20-39(21-3-1)57(49-29-13-11-26-44(49)47-34-37-18-4-5-19-38(37)35-53(47)57)48-28-12-10-25-43(48)46-36-54-56(45-27-7-6-22-40(45)46)59-55-33-17-16-32-52(55)58(54)50-30-14-8-23-41(50)42-24-9-15-31-51(42)58/h1-36H. The fraction of sp³-hybridized carbons (Fsp3) is 0.0345. The molecule has 0 saturated carbocycles. The number of hydrogen-bond acceptors (Lipinski definition) is 1. The monoisotopic (exact) mass is 748 g/mol. The molecule has 1 spiro atoms. The van der Waals surface area contributed by atoms with Crippen molar-refractivity contribution in [2.45, 2.75) is 10.8 Å². The van der Waals surface area contributed by atoms with Crippen LogP contribution in [0.1, 0.15) is 44.5 Å². The van der Waals surface area contributed by atoms with Gasteiger partial charge in [0.05, 0.1) is 10.8 Å².